The number of carbonyl (C=O) groups is 1. The summed E-state index contributed by atoms with van der Waals surface area (Å²) in [6.45, 7) is 0.556. The molecule has 0 N–H and O–H groups in total. The lowest BCUT2D eigenvalue weighted by atomic mass is 10.2. The van der Waals surface area contributed by atoms with Crippen molar-refractivity contribution in [2.45, 2.75) is 6.54 Å². The molecule has 136 valence electrons. The standard InChI is InChI=1S/C20H16N2O3S2/c1-3-9-25-16-7-6-14(10-17(16)24-2)11-18-19(23)22(20(26)27-18)13-15-5-4-8-21-12-15/h1,4-8,10-12H,9,13H2,2H3/b18-11-. The maximum absolute atomic E-state index is 12.7. The van der Waals surface area contributed by atoms with Gasteiger partial charge >= 0.3 is 0 Å². The minimum Gasteiger partial charge on any atom is -0.493 e. The van der Waals surface area contributed by atoms with Crippen molar-refractivity contribution in [2.24, 2.45) is 0 Å². The van der Waals surface area contributed by atoms with Gasteiger partial charge in [-0.1, -0.05) is 42.0 Å². The van der Waals surface area contributed by atoms with Crippen LogP contribution in [0.1, 0.15) is 11.1 Å². The molecule has 0 unspecified atom stereocenters. The number of rotatable bonds is 6. The summed E-state index contributed by atoms with van der Waals surface area (Å²) in [6, 6.07) is 9.13. The molecule has 7 heteroatoms. The monoisotopic (exact) mass is 396 g/mol. The van der Waals surface area contributed by atoms with Gasteiger partial charge in [-0.3, -0.25) is 14.7 Å². The Balaban J connectivity index is 1.80. The molecule has 5 nitrogen and oxygen atoms in total. The van der Waals surface area contributed by atoms with Gasteiger partial charge in [0.05, 0.1) is 18.6 Å². The largest absolute Gasteiger partial charge is 0.493 e. The molecule has 0 aliphatic carbocycles. The Morgan fingerprint density at radius 1 is 1.37 bits per heavy atom. The number of amides is 1. The summed E-state index contributed by atoms with van der Waals surface area (Å²) in [5, 5.41) is 0. The highest BCUT2D eigenvalue weighted by Crippen LogP contribution is 2.35. The number of hydrogen-bond donors (Lipinski definition) is 0. The number of terminal acetylenes is 1. The van der Waals surface area contributed by atoms with Gasteiger partial charge in [0, 0.05) is 12.4 Å². The number of carbonyl (C=O) groups excluding carboxylic acids is 1. The van der Waals surface area contributed by atoms with Crippen molar-refractivity contribution in [3.8, 4) is 23.8 Å². The van der Waals surface area contributed by atoms with Crippen LogP contribution < -0.4 is 9.47 Å². The predicted molar refractivity (Wildman–Crippen MR) is 110 cm³/mol. The zero-order valence-corrected chi connectivity index (χ0v) is 16.2. The third kappa shape index (κ3) is 4.48. The van der Waals surface area contributed by atoms with E-state index in [9.17, 15) is 4.79 Å². The van der Waals surface area contributed by atoms with E-state index in [0.29, 0.717) is 27.3 Å². The van der Waals surface area contributed by atoms with Gasteiger partial charge in [0.15, 0.2) is 11.5 Å². The number of aromatic nitrogens is 1. The molecule has 2 aromatic rings. The van der Waals surface area contributed by atoms with Crippen LogP contribution >= 0.6 is 24.0 Å². The van der Waals surface area contributed by atoms with Crippen LogP contribution in [0.2, 0.25) is 0 Å². The Bertz CT molecular complexity index is 936. The summed E-state index contributed by atoms with van der Waals surface area (Å²) in [7, 11) is 1.55. The number of methoxy groups -OCH3 is 1. The van der Waals surface area contributed by atoms with E-state index >= 15 is 0 Å². The quantitative estimate of drug-likeness (QED) is 0.423. The van der Waals surface area contributed by atoms with Crippen LogP contribution in [0.4, 0.5) is 0 Å². The van der Waals surface area contributed by atoms with E-state index < -0.39 is 0 Å². The van der Waals surface area contributed by atoms with Crippen molar-refractivity contribution in [2.75, 3.05) is 13.7 Å². The zero-order chi connectivity index (χ0) is 19.2. The highest BCUT2D eigenvalue weighted by atomic mass is 32.2. The lowest BCUT2D eigenvalue weighted by Crippen LogP contribution is -2.27. The smallest absolute Gasteiger partial charge is 0.266 e. The molecule has 0 radical (unpaired) electrons. The normalized spacial score (nSPS) is 15.1. The molecule has 1 amide bonds. The fraction of sp³-hybridized carbons (Fsp3) is 0.150. The average Bonchev–Trinajstić information content (AvgIpc) is 2.95. The number of benzene rings is 1. The van der Waals surface area contributed by atoms with Gasteiger partial charge in [-0.25, -0.2) is 0 Å². The van der Waals surface area contributed by atoms with E-state index in [1.54, 1.807) is 42.6 Å². The Labute approximate surface area is 167 Å². The average molecular weight is 396 g/mol. The molecule has 0 saturated carbocycles. The Hall–Kier alpha value is -2.82. The van der Waals surface area contributed by atoms with E-state index in [-0.39, 0.29) is 12.5 Å². The van der Waals surface area contributed by atoms with Crippen LogP contribution in [0.5, 0.6) is 11.5 Å². The topological polar surface area (TPSA) is 51.7 Å². The van der Waals surface area contributed by atoms with E-state index in [2.05, 4.69) is 10.9 Å². The molecule has 1 aliphatic heterocycles. The molecule has 0 atom stereocenters. The summed E-state index contributed by atoms with van der Waals surface area (Å²) >= 11 is 6.65. The van der Waals surface area contributed by atoms with Crippen LogP contribution in [0, 0.1) is 12.3 Å². The summed E-state index contributed by atoms with van der Waals surface area (Å²) in [5.74, 6) is 3.39. The fourth-order valence-corrected chi connectivity index (χ4v) is 3.73. The number of ether oxygens (including phenoxy) is 2. The molecule has 0 bridgehead atoms. The number of nitrogens with zero attached hydrogens (tertiary/aromatic N) is 2. The molecule has 1 saturated heterocycles. The van der Waals surface area contributed by atoms with Crippen molar-refractivity contribution in [1.82, 2.24) is 9.88 Å². The SMILES string of the molecule is C#CCOc1ccc(/C=C2\SC(=S)N(Cc3cccnc3)C2=O)cc1OC. The number of pyridine rings is 1. The van der Waals surface area contributed by atoms with Crippen LogP contribution in [0.15, 0.2) is 47.6 Å². The lowest BCUT2D eigenvalue weighted by molar-refractivity contribution is -0.122. The Morgan fingerprint density at radius 3 is 2.93 bits per heavy atom. The van der Waals surface area contributed by atoms with Crippen LogP contribution in [0.3, 0.4) is 0 Å². The maximum atomic E-state index is 12.7. The minimum atomic E-state index is -0.125. The molecule has 2 heterocycles. The fourth-order valence-electron chi connectivity index (χ4n) is 2.47. The van der Waals surface area contributed by atoms with Crippen molar-refractivity contribution in [3.63, 3.8) is 0 Å². The van der Waals surface area contributed by atoms with Crippen molar-refractivity contribution < 1.29 is 14.3 Å². The second-order valence-electron chi connectivity index (χ2n) is 5.53. The summed E-state index contributed by atoms with van der Waals surface area (Å²) in [4.78, 5) is 18.9. The first-order valence-corrected chi connectivity index (χ1v) is 9.23. The number of thiocarbonyl (C=S) groups is 1. The molecule has 1 aromatic carbocycles. The highest BCUT2D eigenvalue weighted by Gasteiger charge is 2.32. The Morgan fingerprint density at radius 2 is 2.22 bits per heavy atom. The third-order valence-corrected chi connectivity index (χ3v) is 5.11. The first kappa shape index (κ1) is 19.0. The lowest BCUT2D eigenvalue weighted by Gasteiger charge is -2.13. The first-order chi connectivity index (χ1) is 13.1. The van der Waals surface area contributed by atoms with Crippen molar-refractivity contribution >= 4 is 40.3 Å². The summed E-state index contributed by atoms with van der Waals surface area (Å²) in [6.07, 6.45) is 10.4. The Kier molecular flexibility index (Phi) is 6.12. The van der Waals surface area contributed by atoms with Crippen molar-refractivity contribution in [3.05, 3.63) is 58.8 Å². The molecule has 27 heavy (non-hydrogen) atoms. The van der Waals surface area contributed by atoms with E-state index in [1.807, 2.05) is 18.2 Å². The zero-order valence-electron chi connectivity index (χ0n) is 14.5. The maximum Gasteiger partial charge on any atom is 0.266 e. The van der Waals surface area contributed by atoms with Crippen molar-refractivity contribution in [1.29, 1.82) is 0 Å². The number of thioether (sulfide) groups is 1. The second kappa shape index (κ2) is 8.71. The third-order valence-electron chi connectivity index (χ3n) is 3.73. The molecule has 1 aliphatic rings. The first-order valence-electron chi connectivity index (χ1n) is 8.01. The molecule has 3 rings (SSSR count). The highest BCUT2D eigenvalue weighted by molar-refractivity contribution is 8.26. The predicted octanol–water partition coefficient (Wildman–Crippen LogP) is 3.50. The number of hydrogen-bond acceptors (Lipinski definition) is 6. The molecular weight excluding hydrogens is 380 g/mol. The van der Waals surface area contributed by atoms with Gasteiger partial charge in [0.2, 0.25) is 0 Å². The van der Waals surface area contributed by atoms with Gasteiger partial charge in [0.25, 0.3) is 5.91 Å². The van der Waals surface area contributed by atoms with Crippen LogP contribution in [-0.4, -0.2) is 33.8 Å². The van der Waals surface area contributed by atoms with Crippen LogP contribution in [-0.2, 0) is 11.3 Å². The van der Waals surface area contributed by atoms with Gasteiger partial charge in [0.1, 0.15) is 10.9 Å². The molecule has 1 aromatic heterocycles. The summed E-state index contributed by atoms with van der Waals surface area (Å²) < 4.78 is 11.3. The van der Waals surface area contributed by atoms with E-state index in [0.717, 1.165) is 11.1 Å². The van der Waals surface area contributed by atoms with Crippen LogP contribution in [0.25, 0.3) is 6.08 Å². The van der Waals surface area contributed by atoms with E-state index in [1.165, 1.54) is 11.8 Å². The molecular formula is C20H16N2O3S2. The summed E-state index contributed by atoms with van der Waals surface area (Å²) in [5.41, 5.74) is 1.73. The van der Waals surface area contributed by atoms with Gasteiger partial charge in [-0.15, -0.1) is 6.42 Å². The van der Waals surface area contributed by atoms with Gasteiger partial charge in [-0.05, 0) is 35.4 Å². The molecule has 1 fully saturated rings. The van der Waals surface area contributed by atoms with E-state index in [4.69, 9.17) is 28.1 Å². The minimum absolute atomic E-state index is 0.125. The molecule has 0 spiro atoms. The second-order valence-corrected chi connectivity index (χ2v) is 7.21. The van der Waals surface area contributed by atoms with Gasteiger partial charge < -0.3 is 9.47 Å². The van der Waals surface area contributed by atoms with Gasteiger partial charge in [-0.2, -0.15) is 0 Å².